The molecule has 0 heterocycles. The summed E-state index contributed by atoms with van der Waals surface area (Å²) in [5.41, 5.74) is 1.42. The van der Waals surface area contributed by atoms with Crippen LogP contribution in [0.1, 0.15) is 57.6 Å². The van der Waals surface area contributed by atoms with E-state index >= 15 is 0 Å². The molecule has 2 rings (SSSR count). The van der Waals surface area contributed by atoms with Crippen LogP contribution in [0, 0.1) is 5.92 Å². The minimum Gasteiger partial charge on any atom is -0.310 e. The van der Waals surface area contributed by atoms with Crippen LogP contribution in [0.15, 0.2) is 30.3 Å². The molecule has 0 bridgehead atoms. The Morgan fingerprint density at radius 1 is 1.19 bits per heavy atom. The molecule has 0 amide bonds. The monoisotopic (exact) mass is 288 g/mol. The van der Waals surface area contributed by atoms with E-state index in [0.29, 0.717) is 6.04 Å². The SMILES string of the molecule is CCNC(CCN(C)C1CCCCC1C)c1ccccc1. The molecule has 2 nitrogen and oxygen atoms in total. The molecular weight excluding hydrogens is 256 g/mol. The number of benzene rings is 1. The van der Waals surface area contributed by atoms with Crippen LogP contribution in [0.3, 0.4) is 0 Å². The summed E-state index contributed by atoms with van der Waals surface area (Å²) in [4.78, 5) is 2.61. The first-order valence-corrected chi connectivity index (χ1v) is 8.71. The van der Waals surface area contributed by atoms with Crippen LogP contribution in [0.25, 0.3) is 0 Å². The molecule has 21 heavy (non-hydrogen) atoms. The van der Waals surface area contributed by atoms with Crippen LogP contribution in [0.4, 0.5) is 0 Å². The van der Waals surface area contributed by atoms with Crippen molar-refractivity contribution in [1.82, 2.24) is 10.2 Å². The highest BCUT2D eigenvalue weighted by atomic mass is 15.1. The Balaban J connectivity index is 1.89. The Labute approximate surface area is 130 Å². The van der Waals surface area contributed by atoms with Gasteiger partial charge in [0.25, 0.3) is 0 Å². The van der Waals surface area contributed by atoms with Gasteiger partial charge in [0.15, 0.2) is 0 Å². The van der Waals surface area contributed by atoms with Gasteiger partial charge in [0.2, 0.25) is 0 Å². The van der Waals surface area contributed by atoms with Crippen LogP contribution in [0.2, 0.25) is 0 Å². The van der Waals surface area contributed by atoms with Gasteiger partial charge in [-0.2, -0.15) is 0 Å². The van der Waals surface area contributed by atoms with E-state index in [0.717, 1.165) is 18.5 Å². The van der Waals surface area contributed by atoms with E-state index in [1.54, 1.807) is 0 Å². The van der Waals surface area contributed by atoms with Crippen molar-refractivity contribution in [1.29, 1.82) is 0 Å². The summed E-state index contributed by atoms with van der Waals surface area (Å²) >= 11 is 0. The van der Waals surface area contributed by atoms with Gasteiger partial charge in [-0.25, -0.2) is 0 Å². The van der Waals surface area contributed by atoms with Gasteiger partial charge in [-0.15, -0.1) is 0 Å². The third kappa shape index (κ3) is 4.82. The summed E-state index contributed by atoms with van der Waals surface area (Å²) < 4.78 is 0. The van der Waals surface area contributed by atoms with Crippen LogP contribution >= 0.6 is 0 Å². The average molecular weight is 288 g/mol. The number of rotatable bonds is 7. The molecule has 1 aliphatic carbocycles. The van der Waals surface area contributed by atoms with E-state index in [4.69, 9.17) is 0 Å². The topological polar surface area (TPSA) is 15.3 Å². The maximum absolute atomic E-state index is 3.64. The van der Waals surface area contributed by atoms with Gasteiger partial charge in [0.05, 0.1) is 0 Å². The molecule has 1 aromatic carbocycles. The zero-order chi connectivity index (χ0) is 15.1. The summed E-state index contributed by atoms with van der Waals surface area (Å²) in [7, 11) is 2.32. The molecule has 118 valence electrons. The van der Waals surface area contributed by atoms with E-state index in [1.165, 1.54) is 44.2 Å². The van der Waals surface area contributed by atoms with Crippen LogP contribution in [-0.2, 0) is 0 Å². The molecule has 2 heteroatoms. The molecule has 1 aliphatic rings. The standard InChI is InChI=1S/C19H32N2/c1-4-20-18(17-11-6-5-7-12-17)14-15-21(3)19-13-9-8-10-16(19)2/h5-7,11-12,16,18-20H,4,8-10,13-15H2,1-3H3. The lowest BCUT2D eigenvalue weighted by molar-refractivity contribution is 0.134. The lowest BCUT2D eigenvalue weighted by atomic mass is 9.85. The predicted octanol–water partition coefficient (Wildman–Crippen LogP) is 4.24. The second-order valence-corrected chi connectivity index (χ2v) is 6.62. The van der Waals surface area contributed by atoms with E-state index in [1.807, 2.05) is 0 Å². The second-order valence-electron chi connectivity index (χ2n) is 6.62. The normalized spacial score (nSPS) is 24.2. The fraction of sp³-hybridized carbons (Fsp3) is 0.684. The zero-order valence-corrected chi connectivity index (χ0v) is 14.0. The van der Waals surface area contributed by atoms with E-state index in [9.17, 15) is 0 Å². The minimum atomic E-state index is 0.484. The molecule has 1 saturated carbocycles. The first-order valence-electron chi connectivity index (χ1n) is 8.71. The third-order valence-corrected chi connectivity index (χ3v) is 5.06. The molecule has 0 radical (unpaired) electrons. The summed E-state index contributed by atoms with van der Waals surface area (Å²) in [6.45, 7) is 6.84. The van der Waals surface area contributed by atoms with Crippen molar-refractivity contribution in [3.05, 3.63) is 35.9 Å². The third-order valence-electron chi connectivity index (χ3n) is 5.06. The number of nitrogens with zero attached hydrogens (tertiary/aromatic N) is 1. The maximum atomic E-state index is 3.64. The summed E-state index contributed by atoms with van der Waals surface area (Å²) in [5, 5.41) is 3.64. The van der Waals surface area contributed by atoms with Crippen molar-refractivity contribution in [3.63, 3.8) is 0 Å². The molecule has 1 N–H and O–H groups in total. The first-order chi connectivity index (χ1) is 10.2. The van der Waals surface area contributed by atoms with Crippen LogP contribution in [0.5, 0.6) is 0 Å². The van der Waals surface area contributed by atoms with E-state index in [-0.39, 0.29) is 0 Å². The number of nitrogens with one attached hydrogen (secondary N) is 1. The highest BCUT2D eigenvalue weighted by molar-refractivity contribution is 5.18. The summed E-state index contributed by atoms with van der Waals surface area (Å²) in [6, 6.07) is 12.2. The molecule has 0 spiro atoms. The molecule has 1 fully saturated rings. The fourth-order valence-corrected chi connectivity index (χ4v) is 3.77. The quantitative estimate of drug-likeness (QED) is 0.807. The van der Waals surface area contributed by atoms with Gasteiger partial charge < -0.3 is 10.2 Å². The minimum absolute atomic E-state index is 0.484. The van der Waals surface area contributed by atoms with Gasteiger partial charge in [-0.05, 0) is 50.9 Å². The second kappa shape index (κ2) is 8.55. The van der Waals surface area contributed by atoms with Gasteiger partial charge >= 0.3 is 0 Å². The molecule has 0 aromatic heterocycles. The van der Waals surface area contributed by atoms with Gasteiger partial charge in [0.1, 0.15) is 0 Å². The van der Waals surface area contributed by atoms with Gasteiger partial charge in [-0.3, -0.25) is 0 Å². The van der Waals surface area contributed by atoms with Crippen molar-refractivity contribution in [2.75, 3.05) is 20.1 Å². The maximum Gasteiger partial charge on any atom is 0.0332 e. The molecule has 0 saturated heterocycles. The van der Waals surface area contributed by atoms with Crippen LogP contribution in [-0.4, -0.2) is 31.1 Å². The first kappa shape index (κ1) is 16.5. The zero-order valence-electron chi connectivity index (χ0n) is 14.0. The highest BCUT2D eigenvalue weighted by Crippen LogP contribution is 2.28. The highest BCUT2D eigenvalue weighted by Gasteiger charge is 2.25. The number of hydrogen-bond acceptors (Lipinski definition) is 2. The van der Waals surface area contributed by atoms with Crippen molar-refractivity contribution in [2.45, 2.75) is 58.0 Å². The Kier molecular flexibility index (Phi) is 6.72. The largest absolute Gasteiger partial charge is 0.310 e. The average Bonchev–Trinajstić information content (AvgIpc) is 2.52. The van der Waals surface area contributed by atoms with E-state index in [2.05, 4.69) is 61.4 Å². The molecule has 3 atom stereocenters. The Morgan fingerprint density at radius 2 is 1.90 bits per heavy atom. The molecule has 1 aromatic rings. The lowest BCUT2D eigenvalue weighted by Crippen LogP contribution is -2.40. The van der Waals surface area contributed by atoms with Crippen molar-refractivity contribution in [2.24, 2.45) is 5.92 Å². The predicted molar refractivity (Wildman–Crippen MR) is 91.5 cm³/mol. The number of hydrogen-bond donors (Lipinski definition) is 1. The molecule has 3 unspecified atom stereocenters. The van der Waals surface area contributed by atoms with Crippen molar-refractivity contribution in [3.8, 4) is 0 Å². The Bertz CT molecular complexity index is 390. The Morgan fingerprint density at radius 3 is 2.57 bits per heavy atom. The van der Waals surface area contributed by atoms with Crippen LogP contribution < -0.4 is 5.32 Å². The summed E-state index contributed by atoms with van der Waals surface area (Å²) in [6.07, 6.45) is 6.82. The lowest BCUT2D eigenvalue weighted by Gasteiger charge is -2.37. The van der Waals surface area contributed by atoms with Crippen molar-refractivity contribution < 1.29 is 0 Å². The molecular formula is C19H32N2. The summed E-state index contributed by atoms with van der Waals surface area (Å²) in [5.74, 6) is 0.859. The van der Waals surface area contributed by atoms with E-state index < -0.39 is 0 Å². The van der Waals surface area contributed by atoms with Gasteiger partial charge in [0, 0.05) is 12.1 Å². The van der Waals surface area contributed by atoms with Crippen molar-refractivity contribution >= 4 is 0 Å². The smallest absolute Gasteiger partial charge is 0.0332 e. The van der Waals surface area contributed by atoms with Gasteiger partial charge in [-0.1, -0.05) is 57.0 Å². The Hall–Kier alpha value is -0.860. The molecule has 0 aliphatic heterocycles. The fourth-order valence-electron chi connectivity index (χ4n) is 3.77.